The highest BCUT2D eigenvalue weighted by molar-refractivity contribution is 5.77. The number of ether oxygens (including phenoxy) is 1. The second-order valence-electron chi connectivity index (χ2n) is 6.14. The number of nitrogens with two attached hydrogens (primary N) is 1. The van der Waals surface area contributed by atoms with Crippen molar-refractivity contribution < 1.29 is 9.53 Å². The number of benzene rings is 1. The van der Waals surface area contributed by atoms with E-state index < -0.39 is 0 Å². The molecule has 21 heavy (non-hydrogen) atoms. The molecule has 2 atom stereocenters. The van der Waals surface area contributed by atoms with Gasteiger partial charge in [-0.05, 0) is 43.0 Å². The quantitative estimate of drug-likeness (QED) is 0.868. The topological polar surface area (TPSA) is 64.4 Å². The molecule has 1 aliphatic heterocycles. The molecule has 3 N–H and O–H groups in total. The van der Waals surface area contributed by atoms with E-state index in [1.807, 2.05) is 0 Å². The van der Waals surface area contributed by atoms with Crippen LogP contribution >= 0.6 is 0 Å². The van der Waals surface area contributed by atoms with E-state index >= 15 is 0 Å². The molecule has 1 amide bonds. The first-order chi connectivity index (χ1) is 10.2. The number of hydrogen-bond donors (Lipinski definition) is 2. The average Bonchev–Trinajstić information content (AvgIpc) is 2.95. The molecule has 1 aromatic carbocycles. The summed E-state index contributed by atoms with van der Waals surface area (Å²) in [6.45, 7) is 1.70. The zero-order chi connectivity index (χ0) is 14.7. The number of carbonyl (C=O) groups is 1. The van der Waals surface area contributed by atoms with Gasteiger partial charge in [0.25, 0.3) is 0 Å². The first kappa shape index (κ1) is 14.4. The molecule has 0 radical (unpaired) electrons. The molecule has 1 aromatic rings. The summed E-state index contributed by atoms with van der Waals surface area (Å²) in [5, 5.41) is 3.54. The van der Waals surface area contributed by atoms with E-state index in [9.17, 15) is 4.79 Å². The number of hydrogen-bond acceptors (Lipinski definition) is 3. The van der Waals surface area contributed by atoms with Gasteiger partial charge in [-0.1, -0.05) is 25.0 Å². The number of carbonyl (C=O) groups excluding carboxylic acids is 1. The van der Waals surface area contributed by atoms with E-state index in [2.05, 4.69) is 23.5 Å². The van der Waals surface area contributed by atoms with Crippen molar-refractivity contribution in [2.45, 2.75) is 44.6 Å². The fraction of sp³-hybridized carbons (Fsp3) is 0.588. The number of rotatable bonds is 5. The maximum atomic E-state index is 11.5. The van der Waals surface area contributed by atoms with Gasteiger partial charge in [0.1, 0.15) is 5.75 Å². The predicted molar refractivity (Wildman–Crippen MR) is 82.3 cm³/mol. The smallest absolute Gasteiger partial charge is 0.222 e. The van der Waals surface area contributed by atoms with E-state index in [0.29, 0.717) is 0 Å². The molecule has 0 spiro atoms. The van der Waals surface area contributed by atoms with Crippen LogP contribution in [-0.2, 0) is 17.6 Å². The summed E-state index contributed by atoms with van der Waals surface area (Å²) in [5.74, 6) is 0.891. The van der Waals surface area contributed by atoms with Crippen molar-refractivity contribution in [3.05, 3.63) is 29.3 Å². The second kappa shape index (κ2) is 6.48. The Morgan fingerprint density at radius 1 is 1.33 bits per heavy atom. The van der Waals surface area contributed by atoms with Crippen LogP contribution in [0.3, 0.4) is 0 Å². The Balaban J connectivity index is 1.52. The van der Waals surface area contributed by atoms with Gasteiger partial charge in [-0.2, -0.15) is 0 Å². The molecular formula is C17H24N2O2. The summed E-state index contributed by atoms with van der Waals surface area (Å²) in [6.07, 6.45) is 6.31. The van der Waals surface area contributed by atoms with Crippen molar-refractivity contribution >= 4 is 5.91 Å². The van der Waals surface area contributed by atoms with Crippen molar-refractivity contribution in [3.63, 3.8) is 0 Å². The average molecular weight is 288 g/mol. The number of fused-ring (bicyclic) bond motifs is 1. The van der Waals surface area contributed by atoms with Gasteiger partial charge in [0.15, 0.2) is 0 Å². The minimum Gasteiger partial charge on any atom is -0.493 e. The highest BCUT2D eigenvalue weighted by Gasteiger charge is 2.28. The summed E-state index contributed by atoms with van der Waals surface area (Å²) in [5.41, 5.74) is 8.16. The van der Waals surface area contributed by atoms with Gasteiger partial charge in [-0.25, -0.2) is 0 Å². The lowest BCUT2D eigenvalue weighted by atomic mass is 9.84. The van der Waals surface area contributed by atoms with Crippen LogP contribution < -0.4 is 15.8 Å². The first-order valence-electron chi connectivity index (χ1n) is 8.01. The fourth-order valence-corrected chi connectivity index (χ4v) is 3.51. The summed E-state index contributed by atoms with van der Waals surface area (Å²) >= 11 is 0. The first-order valence-corrected chi connectivity index (χ1v) is 8.01. The Morgan fingerprint density at radius 2 is 2.19 bits per heavy atom. The van der Waals surface area contributed by atoms with Crippen molar-refractivity contribution in [2.24, 2.45) is 11.7 Å². The van der Waals surface area contributed by atoms with Crippen LogP contribution in [0.4, 0.5) is 0 Å². The molecule has 114 valence electrons. The van der Waals surface area contributed by atoms with Crippen molar-refractivity contribution in [3.8, 4) is 5.75 Å². The van der Waals surface area contributed by atoms with Gasteiger partial charge in [0.05, 0.1) is 12.5 Å². The molecule has 4 nitrogen and oxygen atoms in total. The van der Waals surface area contributed by atoms with E-state index in [1.165, 1.54) is 17.5 Å². The summed E-state index contributed by atoms with van der Waals surface area (Å²) < 4.78 is 5.53. The van der Waals surface area contributed by atoms with E-state index in [0.717, 1.165) is 51.0 Å². The lowest BCUT2D eigenvalue weighted by molar-refractivity contribution is -0.123. The Hall–Kier alpha value is -1.55. The van der Waals surface area contributed by atoms with Gasteiger partial charge in [0.2, 0.25) is 5.91 Å². The maximum absolute atomic E-state index is 11.5. The van der Waals surface area contributed by atoms with Gasteiger partial charge < -0.3 is 15.8 Å². The minimum absolute atomic E-state index is 0.00664. The monoisotopic (exact) mass is 288 g/mol. The van der Waals surface area contributed by atoms with Crippen molar-refractivity contribution in [2.75, 3.05) is 13.2 Å². The second-order valence-corrected chi connectivity index (χ2v) is 6.14. The third-order valence-electron chi connectivity index (χ3n) is 4.71. The van der Waals surface area contributed by atoms with E-state index in [4.69, 9.17) is 10.5 Å². The number of primary amides is 1. The molecule has 0 bridgehead atoms. The zero-order valence-electron chi connectivity index (χ0n) is 12.4. The van der Waals surface area contributed by atoms with Crippen LogP contribution in [0.25, 0.3) is 0 Å². The Morgan fingerprint density at radius 3 is 3.05 bits per heavy atom. The molecule has 0 unspecified atom stereocenters. The molecule has 4 heteroatoms. The van der Waals surface area contributed by atoms with Gasteiger partial charge >= 0.3 is 0 Å². The molecule has 3 rings (SSSR count). The molecule has 1 saturated carbocycles. The predicted octanol–water partition coefficient (Wildman–Crippen LogP) is 1.80. The zero-order valence-corrected chi connectivity index (χ0v) is 12.4. The van der Waals surface area contributed by atoms with Crippen LogP contribution in [0.2, 0.25) is 0 Å². The highest BCUT2D eigenvalue weighted by atomic mass is 16.5. The Kier molecular flexibility index (Phi) is 4.44. The van der Waals surface area contributed by atoms with Crippen molar-refractivity contribution in [1.82, 2.24) is 5.32 Å². The molecular weight excluding hydrogens is 264 g/mol. The summed E-state index contributed by atoms with van der Waals surface area (Å²) in [7, 11) is 0. The third kappa shape index (κ3) is 3.38. The lowest BCUT2D eigenvalue weighted by Crippen LogP contribution is -2.45. The largest absolute Gasteiger partial charge is 0.493 e. The van der Waals surface area contributed by atoms with Gasteiger partial charge in [-0.15, -0.1) is 0 Å². The molecule has 0 saturated heterocycles. The minimum atomic E-state index is -0.151. The highest BCUT2D eigenvalue weighted by Crippen LogP contribution is 2.26. The third-order valence-corrected chi connectivity index (χ3v) is 4.71. The maximum Gasteiger partial charge on any atom is 0.222 e. The van der Waals surface area contributed by atoms with E-state index in [-0.39, 0.29) is 17.9 Å². The van der Waals surface area contributed by atoms with Gasteiger partial charge in [-0.3, -0.25) is 4.79 Å². The van der Waals surface area contributed by atoms with Crippen molar-refractivity contribution in [1.29, 1.82) is 0 Å². The lowest BCUT2D eigenvalue weighted by Gasteiger charge is -2.30. The van der Waals surface area contributed by atoms with E-state index in [1.54, 1.807) is 0 Å². The fourth-order valence-electron chi connectivity index (χ4n) is 3.51. The number of nitrogens with one attached hydrogen (secondary N) is 1. The SMILES string of the molecule is NC(=O)[C@H]1CCCC[C@H]1NCCc1ccc2c(c1)CCO2. The number of amides is 1. The Labute approximate surface area is 126 Å². The van der Waals surface area contributed by atoms with Crippen LogP contribution in [0.5, 0.6) is 5.75 Å². The van der Waals surface area contributed by atoms with Crippen LogP contribution in [0.1, 0.15) is 36.8 Å². The van der Waals surface area contributed by atoms with Crippen LogP contribution in [0, 0.1) is 5.92 Å². The normalized spacial score (nSPS) is 24.4. The molecule has 0 aromatic heterocycles. The molecule has 1 aliphatic carbocycles. The molecule has 2 aliphatic rings. The van der Waals surface area contributed by atoms with Crippen LogP contribution in [0.15, 0.2) is 18.2 Å². The summed E-state index contributed by atoms with van der Waals surface area (Å²) in [4.78, 5) is 11.5. The molecule has 1 heterocycles. The standard InChI is InChI=1S/C17H24N2O2/c18-17(20)14-3-1-2-4-15(14)19-9-7-12-5-6-16-13(11-12)8-10-21-16/h5-6,11,14-15,19H,1-4,7-10H2,(H2,18,20)/t14-,15+/m0/s1. The summed E-state index contributed by atoms with van der Waals surface area (Å²) in [6, 6.07) is 6.72. The Bertz CT molecular complexity index is 516. The molecule has 1 fully saturated rings. The van der Waals surface area contributed by atoms with Crippen LogP contribution in [-0.4, -0.2) is 25.1 Å². The van der Waals surface area contributed by atoms with Gasteiger partial charge in [0, 0.05) is 12.5 Å².